The Hall–Kier alpha value is -1.02. The van der Waals surface area contributed by atoms with Crippen LogP contribution in [0.3, 0.4) is 0 Å². The lowest BCUT2D eigenvalue weighted by Gasteiger charge is -2.01. The van der Waals surface area contributed by atoms with E-state index in [9.17, 15) is 0 Å². The summed E-state index contributed by atoms with van der Waals surface area (Å²) in [7, 11) is 0. The van der Waals surface area contributed by atoms with Gasteiger partial charge in [0.25, 0.3) is 0 Å². The Morgan fingerprint density at radius 1 is 1.20 bits per heavy atom. The molecule has 0 aliphatic heterocycles. The first-order chi connectivity index (χ1) is 4.93. The lowest BCUT2D eigenvalue weighted by Crippen LogP contribution is -2.02. The summed E-state index contributed by atoms with van der Waals surface area (Å²) >= 11 is 0. The highest BCUT2D eigenvalue weighted by Crippen LogP contribution is 2.06. The van der Waals surface area contributed by atoms with Gasteiger partial charge in [-0.1, -0.05) is 18.2 Å². The van der Waals surface area contributed by atoms with Crippen molar-refractivity contribution in [3.8, 4) is 5.75 Å². The molecule has 0 saturated heterocycles. The van der Waals surface area contributed by atoms with Gasteiger partial charge in [0.05, 0.1) is 0 Å². The zero-order valence-electron chi connectivity index (χ0n) is 5.71. The minimum atomic E-state index is 0.314. The molecule has 2 heteroatoms. The highest BCUT2D eigenvalue weighted by atomic mass is 16.5. The second-order valence-corrected chi connectivity index (χ2v) is 1.91. The van der Waals surface area contributed by atoms with Crippen LogP contribution in [0.15, 0.2) is 30.3 Å². The lowest BCUT2D eigenvalue weighted by atomic mass is 10.3. The van der Waals surface area contributed by atoms with E-state index in [0.717, 1.165) is 5.75 Å². The molecule has 0 aromatic heterocycles. The van der Waals surface area contributed by atoms with Crippen LogP contribution in [0.5, 0.6) is 5.75 Å². The summed E-state index contributed by atoms with van der Waals surface area (Å²) in [4.78, 5) is 0. The summed E-state index contributed by atoms with van der Waals surface area (Å²) in [6.45, 7) is 0.791. The van der Waals surface area contributed by atoms with E-state index in [4.69, 9.17) is 10.5 Å². The first kappa shape index (κ1) is 7.09. The van der Waals surface area contributed by atoms with Crippen molar-refractivity contribution < 1.29 is 4.74 Å². The van der Waals surface area contributed by atoms with Crippen molar-refractivity contribution in [3.05, 3.63) is 30.3 Å². The maximum Gasteiger partial charge on any atom is 0.119 e. The van der Waals surface area contributed by atoms with E-state index >= 15 is 0 Å². The van der Waals surface area contributed by atoms with Crippen LogP contribution in [0, 0.1) is 0 Å². The van der Waals surface area contributed by atoms with Gasteiger partial charge in [0, 0.05) is 6.54 Å². The fourth-order valence-electron chi connectivity index (χ4n) is 0.686. The van der Waals surface area contributed by atoms with E-state index in [-0.39, 0.29) is 0 Å². The Labute approximate surface area is 60.6 Å². The first-order valence-electron chi connectivity index (χ1n) is 3.26. The van der Waals surface area contributed by atoms with Gasteiger partial charge in [0.2, 0.25) is 0 Å². The molecule has 1 aromatic carbocycles. The first-order valence-corrected chi connectivity index (χ1v) is 3.26. The SMILES string of the molecule is [NH]CCOc1ccccc1. The molecule has 2 nitrogen and oxygen atoms in total. The zero-order chi connectivity index (χ0) is 7.23. The van der Waals surface area contributed by atoms with E-state index in [1.807, 2.05) is 30.3 Å². The highest BCUT2D eigenvalue weighted by molar-refractivity contribution is 5.20. The van der Waals surface area contributed by atoms with Crippen LogP contribution in [0.4, 0.5) is 0 Å². The molecule has 0 unspecified atom stereocenters. The third-order valence-electron chi connectivity index (χ3n) is 1.11. The lowest BCUT2D eigenvalue weighted by molar-refractivity contribution is 0.326. The Balaban J connectivity index is 2.43. The molecule has 53 valence electrons. The molecule has 1 N–H and O–H groups in total. The number of para-hydroxylation sites is 1. The maximum absolute atomic E-state index is 6.83. The van der Waals surface area contributed by atoms with E-state index in [1.54, 1.807) is 0 Å². The van der Waals surface area contributed by atoms with Crippen molar-refractivity contribution in [2.75, 3.05) is 13.2 Å². The molecule has 0 bridgehead atoms. The minimum Gasteiger partial charge on any atom is -0.492 e. The van der Waals surface area contributed by atoms with E-state index < -0.39 is 0 Å². The van der Waals surface area contributed by atoms with Crippen LogP contribution in [-0.2, 0) is 0 Å². The minimum absolute atomic E-state index is 0.314. The quantitative estimate of drug-likeness (QED) is 0.617. The van der Waals surface area contributed by atoms with Crippen LogP contribution < -0.4 is 10.5 Å². The van der Waals surface area contributed by atoms with Crippen LogP contribution in [0.1, 0.15) is 0 Å². The number of benzene rings is 1. The van der Waals surface area contributed by atoms with Crippen LogP contribution in [0.2, 0.25) is 0 Å². The largest absolute Gasteiger partial charge is 0.492 e. The second kappa shape index (κ2) is 3.90. The van der Waals surface area contributed by atoms with Crippen molar-refractivity contribution in [2.45, 2.75) is 0 Å². The topological polar surface area (TPSA) is 33.0 Å². The van der Waals surface area contributed by atoms with Crippen molar-refractivity contribution in [2.24, 2.45) is 0 Å². The fourth-order valence-corrected chi connectivity index (χ4v) is 0.686. The van der Waals surface area contributed by atoms with Crippen molar-refractivity contribution in [1.82, 2.24) is 5.73 Å². The molecule has 0 saturated carbocycles. The normalized spacial score (nSPS) is 9.30. The molecule has 1 rings (SSSR count). The summed E-state index contributed by atoms with van der Waals surface area (Å²) in [5, 5.41) is 0. The fraction of sp³-hybridized carbons (Fsp3) is 0.250. The Bertz CT molecular complexity index is 174. The Kier molecular flexibility index (Phi) is 2.77. The van der Waals surface area contributed by atoms with Crippen LogP contribution >= 0.6 is 0 Å². The molecule has 0 heterocycles. The molecule has 0 aliphatic rings. The van der Waals surface area contributed by atoms with Crippen molar-refractivity contribution in [3.63, 3.8) is 0 Å². The predicted octanol–water partition coefficient (Wildman–Crippen LogP) is 1.35. The standard InChI is InChI=1S/C8H10NO/c9-6-7-10-8-4-2-1-3-5-8/h1-5,9H,6-7H2. The van der Waals surface area contributed by atoms with E-state index in [2.05, 4.69) is 0 Å². The molecule has 0 spiro atoms. The summed E-state index contributed by atoms with van der Waals surface area (Å²) in [5.41, 5.74) is 6.83. The van der Waals surface area contributed by atoms with Crippen molar-refractivity contribution >= 4 is 0 Å². The maximum atomic E-state index is 6.83. The van der Waals surface area contributed by atoms with Crippen LogP contribution in [0.25, 0.3) is 0 Å². The van der Waals surface area contributed by atoms with Gasteiger partial charge >= 0.3 is 0 Å². The summed E-state index contributed by atoms with van der Waals surface area (Å²) in [5.74, 6) is 0.842. The van der Waals surface area contributed by atoms with Crippen LogP contribution in [-0.4, -0.2) is 13.2 Å². The Morgan fingerprint density at radius 2 is 1.90 bits per heavy atom. The average molecular weight is 136 g/mol. The number of ether oxygens (including phenoxy) is 1. The third-order valence-corrected chi connectivity index (χ3v) is 1.11. The molecular weight excluding hydrogens is 126 g/mol. The van der Waals surface area contributed by atoms with Gasteiger partial charge in [0.1, 0.15) is 12.4 Å². The molecule has 1 aromatic rings. The van der Waals surface area contributed by atoms with Gasteiger partial charge in [-0.05, 0) is 12.1 Å². The predicted molar refractivity (Wildman–Crippen MR) is 39.9 cm³/mol. The molecule has 1 radical (unpaired) electrons. The van der Waals surface area contributed by atoms with Gasteiger partial charge in [-0.2, -0.15) is 0 Å². The molecule has 0 aliphatic carbocycles. The summed E-state index contributed by atoms with van der Waals surface area (Å²) in [6, 6.07) is 9.54. The zero-order valence-corrected chi connectivity index (χ0v) is 5.71. The number of rotatable bonds is 3. The molecule has 0 atom stereocenters. The smallest absolute Gasteiger partial charge is 0.119 e. The average Bonchev–Trinajstić information content (AvgIpc) is 2.03. The molecule has 10 heavy (non-hydrogen) atoms. The number of nitrogens with one attached hydrogen (secondary N) is 1. The van der Waals surface area contributed by atoms with E-state index in [0.29, 0.717) is 13.2 Å². The third kappa shape index (κ3) is 2.07. The van der Waals surface area contributed by atoms with E-state index in [1.165, 1.54) is 0 Å². The summed E-state index contributed by atoms with van der Waals surface area (Å²) in [6.07, 6.45) is 0. The monoisotopic (exact) mass is 136 g/mol. The summed E-state index contributed by atoms with van der Waals surface area (Å²) < 4.78 is 5.17. The molecule has 0 fully saturated rings. The molecule has 0 amide bonds. The highest BCUT2D eigenvalue weighted by Gasteiger charge is 1.86. The van der Waals surface area contributed by atoms with Gasteiger partial charge < -0.3 is 4.74 Å². The number of hydrogen-bond donors (Lipinski definition) is 0. The Morgan fingerprint density at radius 3 is 2.50 bits per heavy atom. The number of hydrogen-bond acceptors (Lipinski definition) is 1. The second-order valence-electron chi connectivity index (χ2n) is 1.91. The van der Waals surface area contributed by atoms with Gasteiger partial charge in [0.15, 0.2) is 0 Å². The van der Waals surface area contributed by atoms with Crippen molar-refractivity contribution in [1.29, 1.82) is 0 Å². The van der Waals surface area contributed by atoms with Gasteiger partial charge in [-0.15, -0.1) is 0 Å². The molecular formula is C8H10NO. The van der Waals surface area contributed by atoms with Gasteiger partial charge in [-0.3, -0.25) is 5.73 Å². The van der Waals surface area contributed by atoms with Gasteiger partial charge in [-0.25, -0.2) is 0 Å².